The average molecular weight is 369 g/mol. The van der Waals surface area contributed by atoms with Crippen LogP contribution in [0, 0.1) is 30.1 Å². The van der Waals surface area contributed by atoms with Gasteiger partial charge in [0.2, 0.25) is 0 Å². The SMILES string of the molecule is CC(=O)O[C@H]1CC[C@@]2(C)C(=CC[C@@H]3[C@@H]2CC[C@]2(C)c4c(n[nH]c4C)C[C@@H]32)C1. The molecule has 5 rings (SSSR count). The lowest BCUT2D eigenvalue weighted by Crippen LogP contribution is -2.51. The first-order chi connectivity index (χ1) is 12.8. The summed E-state index contributed by atoms with van der Waals surface area (Å²) in [6, 6.07) is 0. The van der Waals surface area contributed by atoms with Gasteiger partial charge < -0.3 is 4.74 Å². The van der Waals surface area contributed by atoms with Gasteiger partial charge in [-0.1, -0.05) is 25.5 Å². The van der Waals surface area contributed by atoms with Crippen LogP contribution in [0.4, 0.5) is 0 Å². The fourth-order valence-corrected chi connectivity index (χ4v) is 7.56. The zero-order chi connectivity index (χ0) is 19.0. The van der Waals surface area contributed by atoms with Crippen LogP contribution in [0.15, 0.2) is 11.6 Å². The van der Waals surface area contributed by atoms with Crippen molar-refractivity contribution in [3.63, 3.8) is 0 Å². The predicted octanol–water partition coefficient (Wildman–Crippen LogP) is 4.63. The van der Waals surface area contributed by atoms with Crippen LogP contribution in [0.2, 0.25) is 0 Å². The van der Waals surface area contributed by atoms with Gasteiger partial charge in [0, 0.05) is 24.6 Å². The molecule has 1 heterocycles. The molecule has 6 atom stereocenters. The summed E-state index contributed by atoms with van der Waals surface area (Å²) in [5.74, 6) is 2.11. The molecule has 146 valence electrons. The first-order valence-corrected chi connectivity index (χ1v) is 10.7. The number of aryl methyl sites for hydroxylation is 1. The Morgan fingerprint density at radius 3 is 2.74 bits per heavy atom. The van der Waals surface area contributed by atoms with Crippen molar-refractivity contribution in [2.45, 2.75) is 84.2 Å². The number of esters is 1. The monoisotopic (exact) mass is 368 g/mol. The molecular weight excluding hydrogens is 336 g/mol. The van der Waals surface area contributed by atoms with Crippen molar-refractivity contribution < 1.29 is 9.53 Å². The molecule has 0 unspecified atom stereocenters. The zero-order valence-electron chi connectivity index (χ0n) is 17.1. The Labute approximate surface area is 162 Å². The molecule has 2 fully saturated rings. The van der Waals surface area contributed by atoms with Crippen LogP contribution in [-0.2, 0) is 21.4 Å². The van der Waals surface area contributed by atoms with Crippen molar-refractivity contribution in [1.29, 1.82) is 0 Å². The van der Waals surface area contributed by atoms with Crippen molar-refractivity contribution in [2.75, 3.05) is 0 Å². The number of aromatic nitrogens is 2. The lowest BCUT2D eigenvalue weighted by Gasteiger charge is -2.57. The first kappa shape index (κ1) is 17.5. The van der Waals surface area contributed by atoms with Crippen LogP contribution in [-0.4, -0.2) is 22.3 Å². The zero-order valence-corrected chi connectivity index (χ0v) is 17.1. The van der Waals surface area contributed by atoms with E-state index < -0.39 is 0 Å². The van der Waals surface area contributed by atoms with E-state index in [9.17, 15) is 4.79 Å². The quantitative estimate of drug-likeness (QED) is 0.581. The second kappa shape index (κ2) is 5.71. The van der Waals surface area contributed by atoms with E-state index in [0.717, 1.165) is 43.4 Å². The molecule has 1 N–H and O–H groups in total. The molecular formula is C23H32N2O2. The average Bonchev–Trinajstić information content (AvgIpc) is 3.12. The molecule has 0 amide bonds. The van der Waals surface area contributed by atoms with Gasteiger partial charge in [-0.15, -0.1) is 0 Å². The van der Waals surface area contributed by atoms with Crippen molar-refractivity contribution >= 4 is 5.97 Å². The van der Waals surface area contributed by atoms with Crippen LogP contribution in [0.25, 0.3) is 0 Å². The fraction of sp³-hybridized carbons (Fsp3) is 0.739. The summed E-state index contributed by atoms with van der Waals surface area (Å²) in [6.07, 6.45) is 10.7. The molecule has 0 spiro atoms. The van der Waals surface area contributed by atoms with E-state index in [2.05, 4.69) is 37.0 Å². The number of hydrogen-bond donors (Lipinski definition) is 1. The standard InChI is InChI=1S/C23H32N2O2/c1-13-21-20(25-24-13)12-19-17-6-5-15-11-16(27-14(2)26)7-9-22(15,3)18(17)8-10-23(19,21)4/h5,16-19H,6-12H2,1-4H3,(H,24,25)/t16-,17+,18-,19-,22-,23-/m0/s1. The van der Waals surface area contributed by atoms with Crippen LogP contribution in [0.5, 0.6) is 0 Å². The molecule has 4 heteroatoms. The van der Waals surface area contributed by atoms with Crippen LogP contribution < -0.4 is 0 Å². The van der Waals surface area contributed by atoms with Gasteiger partial charge in [0.05, 0.1) is 5.69 Å². The maximum Gasteiger partial charge on any atom is 0.302 e. The highest BCUT2D eigenvalue weighted by Crippen LogP contribution is 2.64. The largest absolute Gasteiger partial charge is 0.462 e. The van der Waals surface area contributed by atoms with E-state index in [1.54, 1.807) is 5.57 Å². The molecule has 0 bridgehead atoms. The second-order valence-corrected chi connectivity index (χ2v) is 10.1. The highest BCUT2D eigenvalue weighted by atomic mass is 16.5. The normalized spacial score (nSPS) is 42.4. The number of hydrogen-bond acceptors (Lipinski definition) is 3. The van der Waals surface area contributed by atoms with Crippen molar-refractivity contribution in [3.05, 3.63) is 28.6 Å². The summed E-state index contributed by atoms with van der Waals surface area (Å²) in [6.45, 7) is 8.73. The molecule has 1 aromatic rings. The van der Waals surface area contributed by atoms with Gasteiger partial charge in [0.15, 0.2) is 0 Å². The Morgan fingerprint density at radius 1 is 1.19 bits per heavy atom. The summed E-state index contributed by atoms with van der Waals surface area (Å²) < 4.78 is 5.56. The Kier molecular flexibility index (Phi) is 3.71. The van der Waals surface area contributed by atoms with E-state index in [1.165, 1.54) is 43.1 Å². The van der Waals surface area contributed by atoms with Crippen LogP contribution >= 0.6 is 0 Å². The topological polar surface area (TPSA) is 55.0 Å². The molecule has 0 saturated heterocycles. The highest BCUT2D eigenvalue weighted by molar-refractivity contribution is 5.66. The number of carbonyl (C=O) groups is 1. The van der Waals surface area contributed by atoms with Crippen molar-refractivity contribution in [3.8, 4) is 0 Å². The number of nitrogens with zero attached hydrogens (tertiary/aromatic N) is 1. The van der Waals surface area contributed by atoms with Gasteiger partial charge in [-0.25, -0.2) is 0 Å². The van der Waals surface area contributed by atoms with Gasteiger partial charge in [-0.2, -0.15) is 5.10 Å². The van der Waals surface area contributed by atoms with Gasteiger partial charge in [-0.3, -0.25) is 9.89 Å². The van der Waals surface area contributed by atoms with E-state index in [0.29, 0.717) is 10.8 Å². The molecule has 0 radical (unpaired) electrons. The third-order valence-electron chi connectivity index (χ3n) is 8.79. The molecule has 4 aliphatic rings. The third-order valence-corrected chi connectivity index (χ3v) is 8.79. The molecule has 27 heavy (non-hydrogen) atoms. The maximum absolute atomic E-state index is 11.4. The molecule has 4 nitrogen and oxygen atoms in total. The number of rotatable bonds is 1. The number of nitrogens with one attached hydrogen (secondary N) is 1. The number of carbonyl (C=O) groups excluding carboxylic acids is 1. The summed E-state index contributed by atoms with van der Waals surface area (Å²) in [4.78, 5) is 11.4. The second-order valence-electron chi connectivity index (χ2n) is 10.1. The molecule has 2 saturated carbocycles. The highest BCUT2D eigenvalue weighted by Gasteiger charge is 2.58. The van der Waals surface area contributed by atoms with E-state index in [4.69, 9.17) is 4.74 Å². The van der Waals surface area contributed by atoms with Gasteiger partial charge >= 0.3 is 5.97 Å². The lowest BCUT2D eigenvalue weighted by atomic mass is 9.47. The van der Waals surface area contributed by atoms with Crippen molar-refractivity contribution in [2.24, 2.45) is 23.2 Å². The Bertz CT molecular complexity index is 824. The predicted molar refractivity (Wildman–Crippen MR) is 104 cm³/mol. The Hall–Kier alpha value is -1.58. The minimum atomic E-state index is -0.137. The first-order valence-electron chi connectivity index (χ1n) is 10.7. The van der Waals surface area contributed by atoms with Crippen LogP contribution in [0.3, 0.4) is 0 Å². The minimum Gasteiger partial charge on any atom is -0.462 e. The Morgan fingerprint density at radius 2 is 1.96 bits per heavy atom. The van der Waals surface area contributed by atoms with E-state index in [-0.39, 0.29) is 12.1 Å². The summed E-state index contributed by atoms with van der Waals surface area (Å²) >= 11 is 0. The number of aromatic amines is 1. The number of ether oxygens (including phenoxy) is 1. The van der Waals surface area contributed by atoms with E-state index in [1.807, 2.05) is 0 Å². The number of fused-ring (bicyclic) bond motifs is 7. The molecule has 1 aromatic heterocycles. The van der Waals surface area contributed by atoms with Gasteiger partial charge in [-0.05, 0) is 74.0 Å². The minimum absolute atomic E-state index is 0.0892. The van der Waals surface area contributed by atoms with Gasteiger partial charge in [0.25, 0.3) is 0 Å². The summed E-state index contributed by atoms with van der Waals surface area (Å²) in [7, 11) is 0. The van der Waals surface area contributed by atoms with Crippen LogP contribution in [0.1, 0.15) is 76.2 Å². The molecule has 0 aromatic carbocycles. The number of H-pyrrole nitrogens is 1. The van der Waals surface area contributed by atoms with Gasteiger partial charge in [0.1, 0.15) is 6.10 Å². The molecule has 0 aliphatic heterocycles. The van der Waals surface area contributed by atoms with Crippen molar-refractivity contribution in [1.82, 2.24) is 10.2 Å². The lowest BCUT2D eigenvalue weighted by molar-refractivity contribution is -0.148. The maximum atomic E-state index is 11.4. The number of allylic oxidation sites excluding steroid dienone is 1. The van der Waals surface area contributed by atoms with E-state index >= 15 is 0 Å². The summed E-state index contributed by atoms with van der Waals surface area (Å²) in [5, 5.41) is 7.89. The smallest absolute Gasteiger partial charge is 0.302 e. The summed E-state index contributed by atoms with van der Waals surface area (Å²) in [5.41, 5.74) is 6.31. The third kappa shape index (κ3) is 2.34. The fourth-order valence-electron chi connectivity index (χ4n) is 7.56. The molecule has 4 aliphatic carbocycles. The Balaban J connectivity index is 1.45.